The maximum absolute atomic E-state index is 5.78. The minimum Gasteiger partial charge on any atom is -0.467 e. The average Bonchev–Trinajstić information content (AvgIpc) is 3.45. The molecule has 26 heavy (non-hydrogen) atoms. The van der Waals surface area contributed by atoms with Gasteiger partial charge in [-0.3, -0.25) is 14.5 Å². The highest BCUT2D eigenvalue weighted by Crippen LogP contribution is 2.37. The monoisotopic (exact) mass is 367 g/mol. The zero-order valence-corrected chi connectivity index (χ0v) is 15.3. The van der Waals surface area contributed by atoms with E-state index >= 15 is 0 Å². The number of hydrogen-bond acceptors (Lipinski definition) is 5. The van der Waals surface area contributed by atoms with Crippen molar-refractivity contribution in [3.05, 3.63) is 53.5 Å². The fourth-order valence-corrected chi connectivity index (χ4v) is 4.56. The van der Waals surface area contributed by atoms with Gasteiger partial charge in [0, 0.05) is 30.5 Å². The molecule has 1 saturated carbocycles. The van der Waals surface area contributed by atoms with Gasteiger partial charge in [-0.05, 0) is 61.7 Å². The topological polar surface area (TPSA) is 52.0 Å². The highest BCUT2D eigenvalue weighted by atomic mass is 32.1. The third kappa shape index (κ3) is 2.81. The Bertz CT molecular complexity index is 946. The lowest BCUT2D eigenvalue weighted by Crippen LogP contribution is -2.34. The Morgan fingerprint density at radius 1 is 1.23 bits per heavy atom. The molecule has 0 aromatic carbocycles. The number of fused-ring (bicyclic) bond motifs is 2. The summed E-state index contributed by atoms with van der Waals surface area (Å²) in [6.45, 7) is 2.50. The lowest BCUT2D eigenvalue weighted by Gasteiger charge is -2.26. The number of aromatic nitrogens is 4. The Balaban J connectivity index is 1.51. The lowest BCUT2D eigenvalue weighted by atomic mass is 10.1. The molecule has 3 aromatic rings. The van der Waals surface area contributed by atoms with Crippen LogP contribution in [0, 0.1) is 10.7 Å². The summed E-state index contributed by atoms with van der Waals surface area (Å²) < 4.78 is 10.3. The standard InChI is InChI=1S/C19H21N5OS/c26-19-23(12-17-4-2-8-25-17)18(15-3-1-7-20-10-15)21-24(19)13-22-11-14-5-6-16(22)9-14/h1-4,7-8,10,14,16H,5-6,9,11-13H2. The molecule has 0 radical (unpaired) electrons. The number of nitrogens with zero attached hydrogens (tertiary/aromatic N) is 5. The molecule has 2 aliphatic rings. The second kappa shape index (κ2) is 6.48. The number of rotatable bonds is 5. The van der Waals surface area contributed by atoms with Gasteiger partial charge in [0.1, 0.15) is 5.76 Å². The maximum atomic E-state index is 5.78. The van der Waals surface area contributed by atoms with Crippen molar-refractivity contribution in [2.75, 3.05) is 6.54 Å². The van der Waals surface area contributed by atoms with Crippen LogP contribution in [0.5, 0.6) is 0 Å². The fraction of sp³-hybridized carbons (Fsp3) is 0.421. The molecule has 2 bridgehead atoms. The number of likely N-dealkylation sites (tertiary alicyclic amines) is 1. The van der Waals surface area contributed by atoms with Crippen LogP contribution < -0.4 is 0 Å². The summed E-state index contributed by atoms with van der Waals surface area (Å²) in [6, 6.07) is 8.50. The number of furan rings is 1. The molecule has 3 aromatic heterocycles. The van der Waals surface area contributed by atoms with E-state index in [4.69, 9.17) is 21.7 Å². The van der Waals surface area contributed by atoms with Gasteiger partial charge in [-0.1, -0.05) is 0 Å². The Kier molecular flexibility index (Phi) is 3.98. The van der Waals surface area contributed by atoms with Gasteiger partial charge in [0.05, 0.1) is 19.5 Å². The third-order valence-corrected chi connectivity index (χ3v) is 6.01. The van der Waals surface area contributed by atoms with Crippen molar-refractivity contribution in [1.29, 1.82) is 0 Å². The molecule has 134 valence electrons. The van der Waals surface area contributed by atoms with Gasteiger partial charge in [0.15, 0.2) is 10.6 Å². The molecule has 2 atom stereocenters. The maximum Gasteiger partial charge on any atom is 0.199 e. The number of piperidine rings is 1. The first-order valence-electron chi connectivity index (χ1n) is 9.12. The molecule has 6 nitrogen and oxygen atoms in total. The number of hydrogen-bond donors (Lipinski definition) is 0. The predicted octanol–water partition coefficient (Wildman–Crippen LogP) is 3.56. The Morgan fingerprint density at radius 2 is 2.19 bits per heavy atom. The first kappa shape index (κ1) is 16.0. The van der Waals surface area contributed by atoms with Crippen LogP contribution in [-0.2, 0) is 13.2 Å². The fourth-order valence-electron chi connectivity index (χ4n) is 4.31. The molecule has 2 fully saturated rings. The van der Waals surface area contributed by atoms with Crippen molar-refractivity contribution in [3.63, 3.8) is 0 Å². The van der Waals surface area contributed by atoms with Crippen molar-refractivity contribution in [2.45, 2.75) is 38.5 Å². The molecule has 4 heterocycles. The summed E-state index contributed by atoms with van der Waals surface area (Å²) in [7, 11) is 0. The van der Waals surface area contributed by atoms with Gasteiger partial charge >= 0.3 is 0 Å². The van der Waals surface area contributed by atoms with Crippen LogP contribution in [0.15, 0.2) is 47.3 Å². The highest BCUT2D eigenvalue weighted by molar-refractivity contribution is 7.71. The molecule has 0 N–H and O–H groups in total. The van der Waals surface area contributed by atoms with E-state index in [1.807, 2.05) is 39.7 Å². The summed E-state index contributed by atoms with van der Waals surface area (Å²) >= 11 is 5.78. The summed E-state index contributed by atoms with van der Waals surface area (Å²) in [5, 5.41) is 4.86. The first-order chi connectivity index (χ1) is 12.8. The largest absolute Gasteiger partial charge is 0.467 e. The first-order valence-corrected chi connectivity index (χ1v) is 9.53. The van der Waals surface area contributed by atoms with Crippen molar-refractivity contribution in [3.8, 4) is 11.4 Å². The summed E-state index contributed by atoms with van der Waals surface area (Å²) in [4.78, 5) is 6.77. The quantitative estimate of drug-likeness (QED) is 0.646. The van der Waals surface area contributed by atoms with Crippen molar-refractivity contribution in [1.82, 2.24) is 24.2 Å². The van der Waals surface area contributed by atoms with Crippen molar-refractivity contribution < 1.29 is 4.42 Å². The molecule has 1 aliphatic heterocycles. The molecule has 0 amide bonds. The van der Waals surface area contributed by atoms with E-state index in [9.17, 15) is 0 Å². The molecule has 2 unspecified atom stereocenters. The minimum atomic E-state index is 0.572. The van der Waals surface area contributed by atoms with Gasteiger partial charge in [0.2, 0.25) is 0 Å². The summed E-state index contributed by atoms with van der Waals surface area (Å²) in [5.74, 6) is 2.56. The number of pyridine rings is 1. The molecule has 1 aliphatic carbocycles. The predicted molar refractivity (Wildman–Crippen MR) is 99.9 cm³/mol. The van der Waals surface area contributed by atoms with Gasteiger partial charge in [-0.2, -0.15) is 5.10 Å². The van der Waals surface area contributed by atoms with Crippen LogP contribution in [0.3, 0.4) is 0 Å². The smallest absolute Gasteiger partial charge is 0.199 e. The lowest BCUT2D eigenvalue weighted by molar-refractivity contribution is 0.158. The Morgan fingerprint density at radius 3 is 2.88 bits per heavy atom. The molecular formula is C19H21N5OS. The zero-order chi connectivity index (χ0) is 17.5. The summed E-state index contributed by atoms with van der Waals surface area (Å²) in [5.41, 5.74) is 0.965. The molecule has 1 saturated heterocycles. The molecular weight excluding hydrogens is 346 g/mol. The third-order valence-electron chi connectivity index (χ3n) is 5.57. The van der Waals surface area contributed by atoms with E-state index in [1.54, 1.807) is 12.5 Å². The van der Waals surface area contributed by atoms with E-state index in [0.29, 0.717) is 12.6 Å². The second-order valence-corrected chi connectivity index (χ2v) is 7.62. The van der Waals surface area contributed by atoms with E-state index < -0.39 is 0 Å². The van der Waals surface area contributed by atoms with Crippen molar-refractivity contribution in [2.24, 2.45) is 5.92 Å². The van der Waals surface area contributed by atoms with Gasteiger partial charge < -0.3 is 4.42 Å². The molecule has 5 rings (SSSR count). The Hall–Kier alpha value is -2.25. The van der Waals surface area contributed by atoms with Crippen LogP contribution in [0.25, 0.3) is 11.4 Å². The van der Waals surface area contributed by atoms with E-state index in [-0.39, 0.29) is 0 Å². The van der Waals surface area contributed by atoms with E-state index in [0.717, 1.165) is 34.5 Å². The van der Waals surface area contributed by atoms with Gasteiger partial charge in [-0.15, -0.1) is 0 Å². The van der Waals surface area contributed by atoms with Gasteiger partial charge in [-0.25, -0.2) is 4.68 Å². The van der Waals surface area contributed by atoms with Crippen LogP contribution in [0.4, 0.5) is 0 Å². The van der Waals surface area contributed by atoms with Crippen LogP contribution >= 0.6 is 12.2 Å². The SMILES string of the molecule is S=c1n(CN2CC3CCC2C3)nc(-c2cccnc2)n1Cc1ccco1. The van der Waals surface area contributed by atoms with Crippen LogP contribution in [0.1, 0.15) is 25.0 Å². The minimum absolute atomic E-state index is 0.572. The molecule has 0 spiro atoms. The van der Waals surface area contributed by atoms with Crippen LogP contribution in [-0.4, -0.2) is 36.8 Å². The van der Waals surface area contributed by atoms with Crippen LogP contribution in [0.2, 0.25) is 0 Å². The zero-order valence-electron chi connectivity index (χ0n) is 14.5. The Labute approximate surface area is 157 Å². The second-order valence-electron chi connectivity index (χ2n) is 7.26. The average molecular weight is 367 g/mol. The van der Waals surface area contributed by atoms with Gasteiger partial charge in [0.25, 0.3) is 0 Å². The molecule has 7 heteroatoms. The summed E-state index contributed by atoms with van der Waals surface area (Å²) in [6.07, 6.45) is 9.30. The highest BCUT2D eigenvalue weighted by Gasteiger charge is 2.38. The van der Waals surface area contributed by atoms with E-state index in [2.05, 4.69) is 9.88 Å². The van der Waals surface area contributed by atoms with E-state index in [1.165, 1.54) is 25.8 Å². The normalized spacial score (nSPS) is 22.3. The van der Waals surface area contributed by atoms with Crippen molar-refractivity contribution >= 4 is 12.2 Å².